The average molecular weight is 575 g/mol. The number of methoxy groups -OCH3 is 1. The molecule has 3 aromatic carbocycles. The molecular formula is C25H19Br2ClN2O2. The van der Waals surface area contributed by atoms with Gasteiger partial charge in [-0.25, -0.2) is 0 Å². The number of carbonyl (C=O) groups excluding carboxylic acids is 1. The van der Waals surface area contributed by atoms with Gasteiger partial charge in [-0.15, -0.1) is 0 Å². The number of hydrogen-bond acceptors (Lipinski definition) is 3. The van der Waals surface area contributed by atoms with Gasteiger partial charge in [-0.1, -0.05) is 67.7 Å². The molecule has 0 aliphatic heterocycles. The lowest BCUT2D eigenvalue weighted by Crippen LogP contribution is -2.14. The molecule has 0 fully saturated rings. The first-order valence-corrected chi connectivity index (χ1v) is 11.6. The van der Waals surface area contributed by atoms with E-state index < -0.39 is 5.91 Å². The van der Waals surface area contributed by atoms with Gasteiger partial charge in [0.15, 0.2) is 0 Å². The maximum absolute atomic E-state index is 12.7. The van der Waals surface area contributed by atoms with E-state index in [9.17, 15) is 10.1 Å². The van der Waals surface area contributed by atoms with Crippen molar-refractivity contribution in [3.8, 4) is 11.8 Å². The summed E-state index contributed by atoms with van der Waals surface area (Å²) >= 11 is 13.3. The highest BCUT2D eigenvalue weighted by molar-refractivity contribution is 9.10. The topological polar surface area (TPSA) is 62.1 Å². The molecule has 0 radical (unpaired) electrons. The molecule has 0 unspecified atom stereocenters. The summed E-state index contributed by atoms with van der Waals surface area (Å²) in [7, 11) is 1.60. The molecule has 162 valence electrons. The number of hydrogen-bond donors (Lipinski definition) is 1. The molecule has 0 bridgehead atoms. The van der Waals surface area contributed by atoms with Gasteiger partial charge in [-0.05, 0) is 60.0 Å². The molecule has 0 aromatic heterocycles. The number of ether oxygens (including phenoxy) is 1. The Labute approximate surface area is 209 Å². The SMILES string of the molecule is COc1cc(/C=C(\C#N)C(=O)Nc2cccc(Cl)c2C)cc(Br)c1Cc1ccccc1Br. The number of rotatable bonds is 6. The summed E-state index contributed by atoms with van der Waals surface area (Å²) in [6, 6.07) is 18.9. The molecule has 0 atom stereocenters. The second-order valence-corrected chi connectivity index (χ2v) is 9.10. The minimum atomic E-state index is -0.509. The predicted octanol–water partition coefficient (Wildman–Crippen LogP) is 7.32. The highest BCUT2D eigenvalue weighted by Gasteiger charge is 2.15. The van der Waals surface area contributed by atoms with Gasteiger partial charge in [0.25, 0.3) is 5.91 Å². The number of carbonyl (C=O) groups is 1. The zero-order valence-corrected chi connectivity index (χ0v) is 21.3. The Bertz CT molecular complexity index is 1250. The number of nitrogens with zero attached hydrogens (tertiary/aromatic N) is 1. The van der Waals surface area contributed by atoms with Crippen LogP contribution in [-0.4, -0.2) is 13.0 Å². The second-order valence-electron chi connectivity index (χ2n) is 6.99. The van der Waals surface area contributed by atoms with Crippen LogP contribution >= 0.6 is 43.5 Å². The first-order valence-electron chi connectivity index (χ1n) is 9.62. The third-order valence-electron chi connectivity index (χ3n) is 4.91. The Kier molecular flexibility index (Phi) is 8.14. The fourth-order valence-electron chi connectivity index (χ4n) is 3.15. The average Bonchev–Trinajstić information content (AvgIpc) is 2.77. The molecular weight excluding hydrogens is 556 g/mol. The molecule has 3 aromatic rings. The number of halogens is 3. The summed E-state index contributed by atoms with van der Waals surface area (Å²) in [6.45, 7) is 1.81. The Morgan fingerprint density at radius 3 is 2.59 bits per heavy atom. The van der Waals surface area contributed by atoms with Crippen LogP contribution < -0.4 is 10.1 Å². The van der Waals surface area contributed by atoms with Crippen LogP contribution in [0, 0.1) is 18.3 Å². The van der Waals surface area contributed by atoms with Crippen LogP contribution in [-0.2, 0) is 11.2 Å². The van der Waals surface area contributed by atoms with Crippen molar-refractivity contribution in [1.29, 1.82) is 5.26 Å². The molecule has 0 saturated carbocycles. The monoisotopic (exact) mass is 572 g/mol. The van der Waals surface area contributed by atoms with Crippen molar-refractivity contribution in [2.75, 3.05) is 12.4 Å². The summed E-state index contributed by atoms with van der Waals surface area (Å²) in [5.41, 5.74) is 4.01. The number of anilines is 1. The molecule has 0 saturated heterocycles. The minimum absolute atomic E-state index is 0.0307. The summed E-state index contributed by atoms with van der Waals surface area (Å²) in [6.07, 6.45) is 2.18. The smallest absolute Gasteiger partial charge is 0.266 e. The lowest BCUT2D eigenvalue weighted by Gasteiger charge is -2.14. The molecule has 4 nitrogen and oxygen atoms in total. The van der Waals surface area contributed by atoms with E-state index in [0.717, 1.165) is 25.6 Å². The maximum atomic E-state index is 12.7. The lowest BCUT2D eigenvalue weighted by atomic mass is 10.0. The molecule has 0 aliphatic rings. The van der Waals surface area contributed by atoms with Crippen molar-refractivity contribution >= 4 is 61.1 Å². The van der Waals surface area contributed by atoms with E-state index in [-0.39, 0.29) is 5.57 Å². The quantitative estimate of drug-likeness (QED) is 0.248. The molecule has 1 N–H and O–H groups in total. The fraction of sp³-hybridized carbons (Fsp3) is 0.120. The fourth-order valence-corrected chi connectivity index (χ4v) is 4.35. The largest absolute Gasteiger partial charge is 0.496 e. The lowest BCUT2D eigenvalue weighted by molar-refractivity contribution is -0.112. The predicted molar refractivity (Wildman–Crippen MR) is 136 cm³/mol. The van der Waals surface area contributed by atoms with Gasteiger partial charge < -0.3 is 10.1 Å². The minimum Gasteiger partial charge on any atom is -0.496 e. The van der Waals surface area contributed by atoms with Gasteiger partial charge >= 0.3 is 0 Å². The van der Waals surface area contributed by atoms with Gasteiger partial charge in [0.1, 0.15) is 17.4 Å². The van der Waals surface area contributed by atoms with Crippen LogP contribution in [0.5, 0.6) is 5.75 Å². The van der Waals surface area contributed by atoms with Gasteiger partial charge in [0, 0.05) is 31.6 Å². The zero-order chi connectivity index (χ0) is 23.3. The standard InChI is InChI=1S/C25H19Br2ClN2O2/c1-15-22(28)8-5-9-23(15)30-25(31)18(14-29)10-16-11-21(27)19(24(12-16)32-2)13-17-6-3-4-7-20(17)26/h3-12H,13H2,1-2H3,(H,30,31)/b18-10+. The Balaban J connectivity index is 1.91. The Morgan fingerprint density at radius 1 is 1.16 bits per heavy atom. The zero-order valence-electron chi connectivity index (χ0n) is 17.4. The van der Waals surface area contributed by atoms with Gasteiger partial charge in [-0.3, -0.25) is 4.79 Å². The highest BCUT2D eigenvalue weighted by atomic mass is 79.9. The number of nitrogens with one attached hydrogen (secondary N) is 1. The van der Waals surface area contributed by atoms with E-state index in [1.807, 2.05) is 42.5 Å². The molecule has 0 aliphatic carbocycles. The second kappa shape index (κ2) is 10.8. The number of nitriles is 1. The number of amides is 1. The molecule has 0 heterocycles. The van der Waals surface area contributed by atoms with Crippen molar-refractivity contribution in [3.05, 3.63) is 96.4 Å². The number of benzene rings is 3. The Hall–Kier alpha value is -2.59. The highest BCUT2D eigenvalue weighted by Crippen LogP contribution is 2.33. The van der Waals surface area contributed by atoms with Crippen molar-refractivity contribution in [2.24, 2.45) is 0 Å². The molecule has 0 spiro atoms. The van der Waals surface area contributed by atoms with Crippen LogP contribution in [0.1, 0.15) is 22.3 Å². The van der Waals surface area contributed by atoms with E-state index in [1.54, 1.807) is 32.2 Å². The van der Waals surface area contributed by atoms with Gasteiger partial charge in [-0.2, -0.15) is 5.26 Å². The summed E-state index contributed by atoms with van der Waals surface area (Å²) in [5, 5.41) is 12.9. The van der Waals surface area contributed by atoms with Crippen molar-refractivity contribution < 1.29 is 9.53 Å². The summed E-state index contributed by atoms with van der Waals surface area (Å²) < 4.78 is 7.44. The first kappa shape index (κ1) is 24.1. The van der Waals surface area contributed by atoms with Crippen molar-refractivity contribution in [2.45, 2.75) is 13.3 Å². The van der Waals surface area contributed by atoms with E-state index in [1.165, 1.54) is 6.08 Å². The van der Waals surface area contributed by atoms with Crippen LogP contribution in [0.3, 0.4) is 0 Å². The molecule has 32 heavy (non-hydrogen) atoms. The third-order valence-corrected chi connectivity index (χ3v) is 6.80. The van der Waals surface area contributed by atoms with E-state index >= 15 is 0 Å². The van der Waals surface area contributed by atoms with Crippen LogP contribution in [0.2, 0.25) is 5.02 Å². The van der Waals surface area contributed by atoms with E-state index in [2.05, 4.69) is 37.2 Å². The van der Waals surface area contributed by atoms with Crippen LogP contribution in [0.4, 0.5) is 5.69 Å². The van der Waals surface area contributed by atoms with Gasteiger partial charge in [0.2, 0.25) is 0 Å². The van der Waals surface area contributed by atoms with Crippen molar-refractivity contribution in [1.82, 2.24) is 0 Å². The summed E-state index contributed by atoms with van der Waals surface area (Å²) in [4.78, 5) is 12.7. The molecule has 1 amide bonds. The molecule has 7 heteroatoms. The summed E-state index contributed by atoms with van der Waals surface area (Å²) in [5.74, 6) is 0.148. The Morgan fingerprint density at radius 2 is 1.91 bits per heavy atom. The normalized spacial score (nSPS) is 11.1. The van der Waals surface area contributed by atoms with E-state index in [4.69, 9.17) is 16.3 Å². The first-order chi connectivity index (χ1) is 15.3. The maximum Gasteiger partial charge on any atom is 0.266 e. The third kappa shape index (κ3) is 5.60. The van der Waals surface area contributed by atoms with Crippen molar-refractivity contribution in [3.63, 3.8) is 0 Å². The van der Waals surface area contributed by atoms with Crippen LogP contribution in [0.15, 0.2) is 69.1 Å². The molecule has 3 rings (SSSR count). The van der Waals surface area contributed by atoms with Gasteiger partial charge in [0.05, 0.1) is 7.11 Å². The van der Waals surface area contributed by atoms with Crippen LogP contribution in [0.25, 0.3) is 6.08 Å². The van der Waals surface area contributed by atoms with E-state index in [0.29, 0.717) is 28.4 Å².